The summed E-state index contributed by atoms with van der Waals surface area (Å²) in [6, 6.07) is 0. The van der Waals surface area contributed by atoms with Crippen LogP contribution < -0.4 is 11.3 Å². The first kappa shape index (κ1) is 17.0. The van der Waals surface area contributed by atoms with Crippen LogP contribution in [0.2, 0.25) is 0 Å². The lowest BCUT2D eigenvalue weighted by Crippen LogP contribution is -2.41. The van der Waals surface area contributed by atoms with Crippen molar-refractivity contribution in [3.63, 3.8) is 0 Å². The van der Waals surface area contributed by atoms with Crippen LogP contribution >= 0.6 is 23.2 Å². The monoisotopic (exact) mass is 376 g/mol. The molecule has 0 spiro atoms. The number of nitrogen functional groups attached to an aromatic ring is 1. The third kappa shape index (κ3) is 2.35. The minimum absolute atomic E-state index is 0.147. The Balaban J connectivity index is 2.26. The van der Waals surface area contributed by atoms with Gasteiger partial charge in [0, 0.05) is 11.6 Å². The number of nitrogens with zero attached hydrogens (tertiary/aromatic N) is 2. The number of aromatic nitrogens is 3. The van der Waals surface area contributed by atoms with Crippen LogP contribution in [-0.2, 0) is 4.74 Å². The van der Waals surface area contributed by atoms with Crippen molar-refractivity contribution in [3.8, 4) is 11.3 Å². The molecule has 1 fully saturated rings. The fraction of sp³-hybridized carbons (Fsp3) is 0.385. The summed E-state index contributed by atoms with van der Waals surface area (Å²) in [5.41, 5.74) is 4.56. The second-order valence-electron chi connectivity index (χ2n) is 5.18. The molecule has 11 heteroatoms. The minimum Gasteiger partial charge on any atom is -0.394 e. The Kier molecular flexibility index (Phi) is 4.19. The van der Waals surface area contributed by atoms with Gasteiger partial charge in [-0.25, -0.2) is 4.39 Å². The number of ether oxygens (including phenoxy) is 1. The number of H-pyrrole nitrogens is 1. The van der Waals surface area contributed by atoms with Crippen LogP contribution in [-0.4, -0.2) is 48.4 Å². The van der Waals surface area contributed by atoms with Gasteiger partial charge in [-0.15, -0.1) is 0 Å². The molecule has 1 aliphatic heterocycles. The van der Waals surface area contributed by atoms with Gasteiger partial charge in [-0.1, -0.05) is 17.5 Å². The third-order valence-electron chi connectivity index (χ3n) is 3.77. The largest absolute Gasteiger partial charge is 0.394 e. The normalized spacial score (nSPS) is 29.6. The van der Waals surface area contributed by atoms with Gasteiger partial charge in [0.05, 0.1) is 6.61 Å². The predicted molar refractivity (Wildman–Crippen MR) is 83.9 cm³/mol. The number of aromatic amines is 1. The standard InChI is InChI=1S/C13H11Cl2FN4O4/c14-2-1-13(15)8(22)6(4-21)24-11(13)20-3-5(16)7-9(20)18-12(17)19-10(7)23/h3,6,8,11,21-22H,4H2,(H3,17,18,19,23)/t6-,8?,11-,13-/m1/s1. The highest BCUT2D eigenvalue weighted by atomic mass is 35.5. The molecule has 5 N–H and O–H groups in total. The second-order valence-corrected chi connectivity index (χ2v) is 5.99. The van der Waals surface area contributed by atoms with Crippen LogP contribution in [0.1, 0.15) is 6.23 Å². The van der Waals surface area contributed by atoms with Gasteiger partial charge in [-0.3, -0.25) is 14.3 Å². The number of nitrogens with two attached hydrogens (primary N) is 1. The molecule has 4 atom stereocenters. The molecule has 0 aromatic carbocycles. The molecule has 1 saturated heterocycles. The molecule has 3 heterocycles. The number of aliphatic hydroxyl groups is 2. The van der Waals surface area contributed by atoms with Crippen molar-refractivity contribution in [2.45, 2.75) is 23.3 Å². The minimum atomic E-state index is -1.80. The Morgan fingerprint density at radius 3 is 2.96 bits per heavy atom. The van der Waals surface area contributed by atoms with E-state index in [0.29, 0.717) is 0 Å². The quantitative estimate of drug-likeness (QED) is 0.427. The van der Waals surface area contributed by atoms with Crippen LogP contribution in [0.3, 0.4) is 0 Å². The fourth-order valence-corrected chi connectivity index (χ4v) is 3.23. The molecule has 0 bridgehead atoms. The lowest BCUT2D eigenvalue weighted by Gasteiger charge is -2.25. The molecule has 1 unspecified atom stereocenters. The molecule has 8 nitrogen and oxygen atoms in total. The van der Waals surface area contributed by atoms with E-state index in [9.17, 15) is 19.4 Å². The fourth-order valence-electron chi connectivity index (χ4n) is 2.68. The van der Waals surface area contributed by atoms with Crippen molar-refractivity contribution in [3.05, 3.63) is 22.4 Å². The zero-order valence-electron chi connectivity index (χ0n) is 11.8. The Labute approximate surface area is 143 Å². The van der Waals surface area contributed by atoms with Crippen LogP contribution in [0.15, 0.2) is 11.0 Å². The molecule has 24 heavy (non-hydrogen) atoms. The average molecular weight is 377 g/mol. The van der Waals surface area contributed by atoms with Gasteiger partial charge in [0.2, 0.25) is 5.95 Å². The van der Waals surface area contributed by atoms with Gasteiger partial charge >= 0.3 is 0 Å². The topological polar surface area (TPSA) is 126 Å². The summed E-state index contributed by atoms with van der Waals surface area (Å²) in [5, 5.41) is 21.3. The first-order valence-corrected chi connectivity index (χ1v) is 7.41. The number of halogens is 3. The van der Waals surface area contributed by atoms with E-state index in [0.717, 1.165) is 10.8 Å². The molecule has 1 aliphatic rings. The molecule has 0 saturated carbocycles. The molecule has 128 valence electrons. The number of anilines is 1. The maximum absolute atomic E-state index is 14.2. The van der Waals surface area contributed by atoms with Gasteiger partial charge in [-0.05, 0) is 11.6 Å². The predicted octanol–water partition coefficient (Wildman–Crippen LogP) is -0.126. The number of hydrogen-bond donors (Lipinski definition) is 4. The van der Waals surface area contributed by atoms with Gasteiger partial charge < -0.3 is 20.7 Å². The van der Waals surface area contributed by atoms with Crippen molar-refractivity contribution in [2.24, 2.45) is 0 Å². The van der Waals surface area contributed by atoms with Crippen molar-refractivity contribution >= 4 is 40.2 Å². The summed E-state index contributed by atoms with van der Waals surface area (Å²) in [5.74, 6) is 1.26. The molecular formula is C13H11Cl2FN4O4. The molecule has 0 radical (unpaired) electrons. The summed E-state index contributed by atoms with van der Waals surface area (Å²) in [6.45, 7) is -0.562. The zero-order chi connectivity index (χ0) is 17.6. The molecule has 2 aromatic heterocycles. The van der Waals surface area contributed by atoms with Crippen LogP contribution in [0, 0.1) is 17.1 Å². The van der Waals surface area contributed by atoms with E-state index in [4.69, 9.17) is 33.7 Å². The van der Waals surface area contributed by atoms with Crippen LogP contribution in [0.5, 0.6) is 0 Å². The summed E-state index contributed by atoms with van der Waals surface area (Å²) < 4.78 is 20.7. The number of rotatable bonds is 2. The highest BCUT2D eigenvalue weighted by Crippen LogP contribution is 2.44. The average Bonchev–Trinajstić information content (AvgIpc) is 2.96. The molecule has 3 rings (SSSR count). The number of aliphatic hydroxyl groups excluding tert-OH is 2. The SMILES string of the molecule is Nc1nc2c(c(F)cn2[C@@H]2O[C@H](CO)C(O)[C@]2(Cl)C#CCl)c(=O)[nH]1. The smallest absolute Gasteiger partial charge is 0.264 e. The Hall–Kier alpha value is -1.83. The van der Waals surface area contributed by atoms with Crippen molar-refractivity contribution in [1.82, 2.24) is 14.5 Å². The van der Waals surface area contributed by atoms with E-state index in [1.807, 2.05) is 0 Å². The van der Waals surface area contributed by atoms with E-state index < -0.39 is 41.3 Å². The summed E-state index contributed by atoms with van der Waals surface area (Å²) >= 11 is 11.8. The lowest BCUT2D eigenvalue weighted by atomic mass is 9.99. The number of nitrogens with one attached hydrogen (secondary N) is 1. The zero-order valence-corrected chi connectivity index (χ0v) is 13.3. The lowest BCUT2D eigenvalue weighted by molar-refractivity contribution is -0.0436. The van der Waals surface area contributed by atoms with Gasteiger partial charge in [0.25, 0.3) is 5.56 Å². The Morgan fingerprint density at radius 1 is 1.62 bits per heavy atom. The highest BCUT2D eigenvalue weighted by molar-refractivity contribution is 6.32. The maximum atomic E-state index is 14.2. The number of fused-ring (bicyclic) bond motifs is 1. The van der Waals surface area contributed by atoms with E-state index in [-0.39, 0.29) is 17.0 Å². The summed E-state index contributed by atoms with van der Waals surface area (Å²) in [4.78, 5) is 16.1. The molecular weight excluding hydrogens is 366 g/mol. The van der Waals surface area contributed by atoms with E-state index in [1.54, 1.807) is 0 Å². The van der Waals surface area contributed by atoms with Gasteiger partial charge in [-0.2, -0.15) is 4.98 Å². The van der Waals surface area contributed by atoms with Crippen molar-refractivity contribution in [2.75, 3.05) is 12.3 Å². The van der Waals surface area contributed by atoms with Gasteiger partial charge in [0.1, 0.15) is 17.6 Å². The van der Waals surface area contributed by atoms with Crippen LogP contribution in [0.4, 0.5) is 10.3 Å². The summed E-state index contributed by atoms with van der Waals surface area (Å²) in [7, 11) is 0. The first-order chi connectivity index (χ1) is 11.3. The molecule has 2 aromatic rings. The Bertz CT molecular complexity index is 920. The van der Waals surface area contributed by atoms with Crippen molar-refractivity contribution < 1.29 is 19.3 Å². The number of hydrogen-bond acceptors (Lipinski definition) is 6. The maximum Gasteiger partial charge on any atom is 0.264 e. The van der Waals surface area contributed by atoms with E-state index in [1.165, 1.54) is 0 Å². The third-order valence-corrected chi connectivity index (χ3v) is 4.37. The van der Waals surface area contributed by atoms with Crippen molar-refractivity contribution in [1.29, 1.82) is 0 Å². The molecule has 0 aliphatic carbocycles. The van der Waals surface area contributed by atoms with Crippen LogP contribution in [0.25, 0.3) is 11.0 Å². The Morgan fingerprint density at radius 2 is 2.33 bits per heavy atom. The molecule has 0 amide bonds. The van der Waals surface area contributed by atoms with E-state index >= 15 is 0 Å². The summed E-state index contributed by atoms with van der Waals surface area (Å²) in [6.07, 6.45) is -2.88. The van der Waals surface area contributed by atoms with E-state index in [2.05, 4.69) is 21.3 Å². The first-order valence-electron chi connectivity index (χ1n) is 6.65. The van der Waals surface area contributed by atoms with Gasteiger partial charge in [0.15, 0.2) is 22.6 Å². The highest BCUT2D eigenvalue weighted by Gasteiger charge is 2.56. The second kappa shape index (κ2) is 5.91. The number of alkyl halides is 1.